The van der Waals surface area contributed by atoms with Crippen LogP contribution in [0.15, 0.2) is 0 Å². The van der Waals surface area contributed by atoms with Gasteiger partial charge < -0.3 is 10.6 Å². The lowest BCUT2D eigenvalue weighted by molar-refractivity contribution is -0.132. The predicted molar refractivity (Wildman–Crippen MR) is 85.5 cm³/mol. The molecule has 0 spiro atoms. The van der Waals surface area contributed by atoms with E-state index in [9.17, 15) is 4.79 Å². The van der Waals surface area contributed by atoms with Crippen LogP contribution in [0.5, 0.6) is 0 Å². The molecular weight excluding hydrogens is 305 g/mol. The number of halogens is 2. The van der Waals surface area contributed by atoms with Gasteiger partial charge in [-0.05, 0) is 27.7 Å². The van der Waals surface area contributed by atoms with Crippen molar-refractivity contribution in [2.45, 2.75) is 46.2 Å². The Morgan fingerprint density at radius 2 is 1.89 bits per heavy atom. The molecular formula is C12H23Cl2N3OS. The van der Waals surface area contributed by atoms with Crippen molar-refractivity contribution in [3.05, 3.63) is 15.6 Å². The van der Waals surface area contributed by atoms with Crippen molar-refractivity contribution in [2.75, 3.05) is 7.05 Å². The number of aryl methyl sites for hydroxylation is 2. The van der Waals surface area contributed by atoms with Crippen molar-refractivity contribution in [3.8, 4) is 0 Å². The lowest BCUT2D eigenvalue weighted by atomic mass is 10.1. The lowest BCUT2D eigenvalue weighted by Gasteiger charge is -2.25. The van der Waals surface area contributed by atoms with Crippen LogP contribution in [0.3, 0.4) is 0 Å². The molecule has 19 heavy (non-hydrogen) atoms. The van der Waals surface area contributed by atoms with Crippen molar-refractivity contribution in [1.29, 1.82) is 0 Å². The first-order chi connectivity index (χ1) is 7.82. The fourth-order valence-corrected chi connectivity index (χ4v) is 2.77. The average Bonchev–Trinajstić information content (AvgIpc) is 2.54. The summed E-state index contributed by atoms with van der Waals surface area (Å²) >= 11 is 1.65. The zero-order valence-corrected chi connectivity index (χ0v) is 14.4. The van der Waals surface area contributed by atoms with Crippen LogP contribution in [-0.2, 0) is 4.79 Å². The molecule has 1 heterocycles. The highest BCUT2D eigenvalue weighted by Crippen LogP contribution is 2.28. The first-order valence-electron chi connectivity index (χ1n) is 5.78. The van der Waals surface area contributed by atoms with Gasteiger partial charge in [0, 0.05) is 24.4 Å². The summed E-state index contributed by atoms with van der Waals surface area (Å²) in [6.07, 6.45) is 0.387. The average molecular weight is 328 g/mol. The first-order valence-corrected chi connectivity index (χ1v) is 6.59. The normalized spacial score (nSPS) is 12.9. The van der Waals surface area contributed by atoms with Crippen LogP contribution < -0.4 is 5.73 Å². The van der Waals surface area contributed by atoms with Crippen molar-refractivity contribution < 1.29 is 4.79 Å². The molecule has 0 radical (unpaired) electrons. The highest BCUT2D eigenvalue weighted by atomic mass is 35.5. The number of hydrogen-bond acceptors (Lipinski definition) is 4. The van der Waals surface area contributed by atoms with E-state index < -0.39 is 0 Å². The first kappa shape index (κ1) is 20.9. The van der Waals surface area contributed by atoms with E-state index in [1.165, 1.54) is 0 Å². The minimum absolute atomic E-state index is 0. The van der Waals surface area contributed by atoms with Gasteiger partial charge >= 0.3 is 0 Å². The second-order valence-corrected chi connectivity index (χ2v) is 5.78. The molecule has 7 heteroatoms. The van der Waals surface area contributed by atoms with Crippen molar-refractivity contribution >= 4 is 42.1 Å². The van der Waals surface area contributed by atoms with Gasteiger partial charge in [0.05, 0.1) is 16.7 Å². The minimum atomic E-state index is -0.0959. The summed E-state index contributed by atoms with van der Waals surface area (Å²) < 4.78 is 0. The number of carbonyl (C=O) groups is 1. The van der Waals surface area contributed by atoms with E-state index in [-0.39, 0.29) is 42.8 Å². The van der Waals surface area contributed by atoms with Gasteiger partial charge in [-0.15, -0.1) is 36.2 Å². The Hall–Kier alpha value is -0.360. The Morgan fingerprint density at radius 1 is 1.37 bits per heavy atom. The smallest absolute Gasteiger partial charge is 0.224 e. The Kier molecular flexibility index (Phi) is 9.64. The van der Waals surface area contributed by atoms with Crippen LogP contribution >= 0.6 is 36.2 Å². The number of carbonyl (C=O) groups excluding carboxylic acids is 1. The molecule has 2 atom stereocenters. The maximum absolute atomic E-state index is 11.9. The predicted octanol–water partition coefficient (Wildman–Crippen LogP) is 2.86. The third-order valence-electron chi connectivity index (χ3n) is 2.79. The second kappa shape index (κ2) is 8.74. The number of aromatic nitrogens is 1. The van der Waals surface area contributed by atoms with E-state index in [2.05, 4.69) is 4.98 Å². The molecule has 0 saturated heterocycles. The van der Waals surface area contributed by atoms with Gasteiger partial charge in [0.25, 0.3) is 0 Å². The van der Waals surface area contributed by atoms with Crippen LogP contribution in [0.1, 0.15) is 41.9 Å². The summed E-state index contributed by atoms with van der Waals surface area (Å²) in [5.74, 6) is 0.0814. The highest BCUT2D eigenvalue weighted by Gasteiger charge is 2.21. The van der Waals surface area contributed by atoms with Crippen LogP contribution in [0.2, 0.25) is 0 Å². The molecule has 1 aromatic heterocycles. The Labute approximate surface area is 131 Å². The zero-order chi connectivity index (χ0) is 13.2. The van der Waals surface area contributed by atoms with Gasteiger partial charge in [0.2, 0.25) is 5.91 Å². The van der Waals surface area contributed by atoms with Gasteiger partial charge in [-0.1, -0.05) is 0 Å². The van der Waals surface area contributed by atoms with Crippen molar-refractivity contribution in [2.24, 2.45) is 5.73 Å². The van der Waals surface area contributed by atoms with Crippen LogP contribution in [0.25, 0.3) is 0 Å². The Morgan fingerprint density at radius 3 is 2.26 bits per heavy atom. The molecule has 0 aromatic carbocycles. The summed E-state index contributed by atoms with van der Waals surface area (Å²) in [6, 6.07) is -0.0334. The Balaban J connectivity index is 0. The standard InChI is InChI=1S/C12H21N3OS.2ClH/c1-7(13)6-11(16)15(5)9(3)12-8(2)14-10(4)17-12;;/h7,9H,6,13H2,1-5H3;2*1H. The molecule has 1 amide bonds. The maximum atomic E-state index is 11.9. The quantitative estimate of drug-likeness (QED) is 0.924. The zero-order valence-electron chi connectivity index (χ0n) is 12.0. The number of nitrogens with two attached hydrogens (primary N) is 1. The lowest BCUT2D eigenvalue weighted by Crippen LogP contribution is -2.33. The van der Waals surface area contributed by atoms with E-state index in [0.717, 1.165) is 15.6 Å². The third kappa shape index (κ3) is 5.65. The molecule has 1 aromatic rings. The summed E-state index contributed by atoms with van der Waals surface area (Å²) in [4.78, 5) is 19.2. The summed E-state index contributed by atoms with van der Waals surface area (Å²) in [6.45, 7) is 7.84. The number of rotatable bonds is 4. The Bertz CT molecular complexity index is 410. The van der Waals surface area contributed by atoms with Crippen LogP contribution in [0, 0.1) is 13.8 Å². The molecule has 0 bridgehead atoms. The largest absolute Gasteiger partial charge is 0.338 e. The number of nitrogens with zero attached hydrogens (tertiary/aromatic N) is 2. The van der Waals surface area contributed by atoms with Gasteiger partial charge in [0.1, 0.15) is 0 Å². The fourth-order valence-electron chi connectivity index (χ4n) is 1.75. The minimum Gasteiger partial charge on any atom is -0.338 e. The van der Waals surface area contributed by atoms with Crippen LogP contribution in [0.4, 0.5) is 0 Å². The van der Waals surface area contributed by atoms with Gasteiger partial charge in [-0.3, -0.25) is 4.79 Å². The molecule has 1 rings (SSSR count). The SMILES string of the molecule is Cc1nc(C)c(C(C)N(C)C(=O)CC(C)N)s1.Cl.Cl. The summed E-state index contributed by atoms with van der Waals surface area (Å²) in [7, 11) is 1.82. The summed E-state index contributed by atoms with van der Waals surface area (Å²) in [5.41, 5.74) is 6.66. The second-order valence-electron chi connectivity index (χ2n) is 4.54. The number of hydrogen-bond donors (Lipinski definition) is 1. The van der Waals surface area contributed by atoms with Crippen LogP contribution in [-0.4, -0.2) is 28.9 Å². The molecule has 4 nitrogen and oxygen atoms in total. The highest BCUT2D eigenvalue weighted by molar-refractivity contribution is 7.11. The topological polar surface area (TPSA) is 59.2 Å². The van der Waals surface area contributed by atoms with E-state index in [4.69, 9.17) is 5.73 Å². The van der Waals surface area contributed by atoms with E-state index in [1.54, 1.807) is 16.2 Å². The number of thiazole rings is 1. The maximum Gasteiger partial charge on any atom is 0.224 e. The van der Waals surface area contributed by atoms with E-state index >= 15 is 0 Å². The molecule has 0 fully saturated rings. The van der Waals surface area contributed by atoms with Crippen molar-refractivity contribution in [3.63, 3.8) is 0 Å². The van der Waals surface area contributed by atoms with Crippen molar-refractivity contribution in [1.82, 2.24) is 9.88 Å². The van der Waals surface area contributed by atoms with E-state index in [0.29, 0.717) is 6.42 Å². The number of amides is 1. The molecule has 2 unspecified atom stereocenters. The molecule has 0 aliphatic carbocycles. The monoisotopic (exact) mass is 327 g/mol. The molecule has 2 N–H and O–H groups in total. The van der Waals surface area contributed by atoms with Gasteiger partial charge in [-0.25, -0.2) is 4.98 Å². The fraction of sp³-hybridized carbons (Fsp3) is 0.667. The molecule has 0 aliphatic heterocycles. The van der Waals surface area contributed by atoms with Gasteiger partial charge in [-0.2, -0.15) is 0 Å². The van der Waals surface area contributed by atoms with E-state index in [1.807, 2.05) is 34.7 Å². The van der Waals surface area contributed by atoms with Gasteiger partial charge in [0.15, 0.2) is 0 Å². The molecule has 0 saturated carbocycles. The third-order valence-corrected chi connectivity index (χ3v) is 4.03. The molecule has 112 valence electrons. The summed E-state index contributed by atoms with van der Waals surface area (Å²) in [5, 5.41) is 1.04. The molecule has 0 aliphatic rings.